The number of carbonyl (C=O) groups is 1. The van der Waals surface area contributed by atoms with Crippen LogP contribution in [0.3, 0.4) is 0 Å². The summed E-state index contributed by atoms with van der Waals surface area (Å²) in [5.41, 5.74) is 2.95. The standard InChI is InChI=1S/C22H24N4O3/c1-15(27)25(2)17-8-6-16(7-9-17)18-4-3-5-19(22(18)28)20-14-21(24-29-20)26-12-10-23-11-13-26/h3-9,14,23,28H,10-13H2,1-2H3. The van der Waals surface area contributed by atoms with E-state index in [0.29, 0.717) is 16.9 Å². The van der Waals surface area contributed by atoms with E-state index in [2.05, 4.69) is 15.4 Å². The Kier molecular flexibility index (Phi) is 5.22. The van der Waals surface area contributed by atoms with Crippen LogP contribution in [-0.2, 0) is 4.79 Å². The molecule has 7 nitrogen and oxygen atoms in total. The van der Waals surface area contributed by atoms with Gasteiger partial charge in [0.25, 0.3) is 0 Å². The molecule has 2 heterocycles. The summed E-state index contributed by atoms with van der Waals surface area (Å²) in [6, 6.07) is 14.9. The third-order valence-corrected chi connectivity index (χ3v) is 5.28. The van der Waals surface area contributed by atoms with Gasteiger partial charge in [-0.15, -0.1) is 0 Å². The van der Waals surface area contributed by atoms with Crippen molar-refractivity contribution in [2.24, 2.45) is 0 Å². The number of carbonyl (C=O) groups excluding carboxylic acids is 1. The summed E-state index contributed by atoms with van der Waals surface area (Å²) in [7, 11) is 1.73. The Balaban J connectivity index is 1.62. The van der Waals surface area contributed by atoms with Gasteiger partial charge in [0.15, 0.2) is 11.6 Å². The highest BCUT2D eigenvalue weighted by Crippen LogP contribution is 2.39. The Morgan fingerprint density at radius 1 is 1.14 bits per heavy atom. The lowest BCUT2D eigenvalue weighted by Gasteiger charge is -2.26. The van der Waals surface area contributed by atoms with E-state index in [1.54, 1.807) is 11.9 Å². The number of rotatable bonds is 4. The summed E-state index contributed by atoms with van der Waals surface area (Å²) in [6.45, 7) is 5.10. The van der Waals surface area contributed by atoms with E-state index >= 15 is 0 Å². The average molecular weight is 392 g/mol. The van der Waals surface area contributed by atoms with Gasteiger partial charge in [0.2, 0.25) is 5.91 Å². The van der Waals surface area contributed by atoms with Gasteiger partial charge in [-0.3, -0.25) is 4.79 Å². The lowest BCUT2D eigenvalue weighted by Crippen LogP contribution is -2.43. The monoisotopic (exact) mass is 392 g/mol. The molecule has 150 valence electrons. The SMILES string of the molecule is CC(=O)N(C)c1ccc(-c2cccc(-c3cc(N4CCNCC4)no3)c2O)cc1. The van der Waals surface area contributed by atoms with E-state index in [9.17, 15) is 9.90 Å². The van der Waals surface area contributed by atoms with Crippen molar-refractivity contribution < 1.29 is 14.4 Å². The van der Waals surface area contributed by atoms with E-state index in [1.807, 2.05) is 48.5 Å². The van der Waals surface area contributed by atoms with Crippen molar-refractivity contribution >= 4 is 17.4 Å². The molecule has 2 N–H and O–H groups in total. The number of hydrogen-bond acceptors (Lipinski definition) is 6. The molecule has 0 radical (unpaired) electrons. The minimum atomic E-state index is -0.0341. The molecule has 3 aromatic rings. The Morgan fingerprint density at radius 3 is 2.52 bits per heavy atom. The number of phenols is 1. The smallest absolute Gasteiger partial charge is 0.223 e. The summed E-state index contributed by atoms with van der Waals surface area (Å²) < 4.78 is 5.54. The van der Waals surface area contributed by atoms with Crippen LogP contribution in [0.4, 0.5) is 11.5 Å². The van der Waals surface area contributed by atoms with Crippen molar-refractivity contribution in [1.29, 1.82) is 0 Å². The van der Waals surface area contributed by atoms with Crippen LogP contribution in [0.25, 0.3) is 22.5 Å². The number of aromatic hydroxyl groups is 1. The van der Waals surface area contributed by atoms with Crippen LogP contribution in [0.2, 0.25) is 0 Å². The Morgan fingerprint density at radius 2 is 1.83 bits per heavy atom. The van der Waals surface area contributed by atoms with Gasteiger partial charge in [0.05, 0.1) is 5.56 Å². The zero-order valence-corrected chi connectivity index (χ0v) is 16.6. The lowest BCUT2D eigenvalue weighted by atomic mass is 10.00. The first-order valence-electron chi connectivity index (χ1n) is 9.64. The number of amides is 1. The van der Waals surface area contributed by atoms with Gasteiger partial charge in [0.1, 0.15) is 5.75 Å². The normalized spacial score (nSPS) is 14.1. The minimum Gasteiger partial charge on any atom is -0.507 e. The maximum atomic E-state index is 11.5. The van der Waals surface area contributed by atoms with Crippen LogP contribution in [-0.4, -0.2) is 49.4 Å². The van der Waals surface area contributed by atoms with Crippen molar-refractivity contribution in [2.75, 3.05) is 43.0 Å². The second kappa shape index (κ2) is 7.97. The Labute approximate surface area is 169 Å². The zero-order valence-electron chi connectivity index (χ0n) is 16.6. The molecule has 4 rings (SSSR count). The van der Waals surface area contributed by atoms with Crippen molar-refractivity contribution in [3.05, 3.63) is 48.5 Å². The van der Waals surface area contributed by atoms with Crippen LogP contribution in [0.5, 0.6) is 5.75 Å². The third-order valence-electron chi connectivity index (χ3n) is 5.28. The molecule has 2 aromatic carbocycles. The van der Waals surface area contributed by atoms with Crippen molar-refractivity contribution in [3.63, 3.8) is 0 Å². The average Bonchev–Trinajstić information content (AvgIpc) is 3.24. The van der Waals surface area contributed by atoms with E-state index in [-0.39, 0.29) is 11.7 Å². The van der Waals surface area contributed by atoms with Gasteiger partial charge >= 0.3 is 0 Å². The molecule has 1 aliphatic rings. The number of aromatic nitrogens is 1. The molecule has 7 heteroatoms. The molecule has 1 amide bonds. The van der Waals surface area contributed by atoms with Crippen molar-refractivity contribution in [2.45, 2.75) is 6.92 Å². The fourth-order valence-corrected chi connectivity index (χ4v) is 3.46. The highest BCUT2D eigenvalue weighted by Gasteiger charge is 2.19. The molecule has 29 heavy (non-hydrogen) atoms. The number of nitrogens with one attached hydrogen (secondary N) is 1. The maximum absolute atomic E-state index is 11.5. The fourth-order valence-electron chi connectivity index (χ4n) is 3.46. The molecular weight excluding hydrogens is 368 g/mol. The van der Waals surface area contributed by atoms with Gasteiger partial charge in [-0.2, -0.15) is 0 Å². The first-order valence-corrected chi connectivity index (χ1v) is 9.64. The van der Waals surface area contributed by atoms with Crippen molar-refractivity contribution in [3.8, 4) is 28.2 Å². The number of nitrogens with zero attached hydrogens (tertiary/aromatic N) is 3. The molecule has 1 saturated heterocycles. The summed E-state index contributed by atoms with van der Waals surface area (Å²) >= 11 is 0. The number of piperazine rings is 1. The molecular formula is C22H24N4O3. The molecule has 0 spiro atoms. The predicted octanol–water partition coefficient (Wildman–Crippen LogP) is 3.11. The quantitative estimate of drug-likeness (QED) is 0.710. The number of para-hydroxylation sites is 1. The molecule has 0 saturated carbocycles. The van der Waals surface area contributed by atoms with Crippen molar-refractivity contribution in [1.82, 2.24) is 10.5 Å². The van der Waals surface area contributed by atoms with Crippen LogP contribution in [0.1, 0.15) is 6.92 Å². The second-order valence-electron chi connectivity index (χ2n) is 7.11. The number of hydrogen-bond donors (Lipinski definition) is 2. The van der Waals surface area contributed by atoms with Gasteiger partial charge in [-0.05, 0) is 23.8 Å². The fraction of sp³-hybridized carbons (Fsp3) is 0.273. The second-order valence-corrected chi connectivity index (χ2v) is 7.11. The zero-order chi connectivity index (χ0) is 20.4. The summed E-state index contributed by atoms with van der Waals surface area (Å²) in [4.78, 5) is 15.3. The van der Waals surface area contributed by atoms with E-state index in [4.69, 9.17) is 4.52 Å². The molecule has 1 aliphatic heterocycles. The minimum absolute atomic E-state index is 0.0341. The molecule has 0 aliphatic carbocycles. The van der Waals surface area contributed by atoms with E-state index < -0.39 is 0 Å². The van der Waals surface area contributed by atoms with Crippen LogP contribution >= 0.6 is 0 Å². The number of phenolic OH excluding ortho intramolecular Hbond substituents is 1. The van der Waals surface area contributed by atoms with E-state index in [0.717, 1.165) is 43.2 Å². The topological polar surface area (TPSA) is 81.8 Å². The molecule has 1 fully saturated rings. The van der Waals surface area contributed by atoms with Crippen LogP contribution in [0, 0.1) is 0 Å². The highest BCUT2D eigenvalue weighted by molar-refractivity contribution is 5.91. The summed E-state index contributed by atoms with van der Waals surface area (Å²) in [5.74, 6) is 1.42. The van der Waals surface area contributed by atoms with Gasteiger partial charge < -0.3 is 24.7 Å². The Bertz CT molecular complexity index is 1010. The van der Waals surface area contributed by atoms with Crippen LogP contribution in [0.15, 0.2) is 53.1 Å². The highest BCUT2D eigenvalue weighted by atomic mass is 16.5. The maximum Gasteiger partial charge on any atom is 0.223 e. The number of benzene rings is 2. The van der Waals surface area contributed by atoms with Gasteiger partial charge in [-0.1, -0.05) is 29.4 Å². The first-order chi connectivity index (χ1) is 14.0. The largest absolute Gasteiger partial charge is 0.507 e. The third kappa shape index (κ3) is 3.82. The molecule has 1 aromatic heterocycles. The summed E-state index contributed by atoms with van der Waals surface area (Å²) in [5, 5.41) is 18.4. The molecule has 0 atom stereocenters. The first kappa shape index (κ1) is 19.0. The number of anilines is 2. The summed E-state index contributed by atoms with van der Waals surface area (Å²) in [6.07, 6.45) is 0. The van der Waals surface area contributed by atoms with Crippen LogP contribution < -0.4 is 15.1 Å². The molecule has 0 bridgehead atoms. The Hall–Kier alpha value is -3.32. The predicted molar refractivity (Wildman–Crippen MR) is 113 cm³/mol. The van der Waals surface area contributed by atoms with Gasteiger partial charge in [0, 0.05) is 57.5 Å². The van der Waals surface area contributed by atoms with E-state index in [1.165, 1.54) is 6.92 Å². The molecule has 0 unspecified atom stereocenters. The lowest BCUT2D eigenvalue weighted by molar-refractivity contribution is -0.116. The van der Waals surface area contributed by atoms with Gasteiger partial charge in [-0.25, -0.2) is 0 Å².